The lowest BCUT2D eigenvalue weighted by molar-refractivity contribution is -0.171. The molecule has 0 aromatic heterocycles. The van der Waals surface area contributed by atoms with E-state index in [0.29, 0.717) is 37.4 Å². The zero-order valence-electron chi connectivity index (χ0n) is 21.8. The van der Waals surface area contributed by atoms with Gasteiger partial charge in [0.05, 0.1) is 0 Å². The first-order chi connectivity index (χ1) is 17.2. The molecule has 0 radical (unpaired) electrons. The molecule has 0 heterocycles. The zero-order chi connectivity index (χ0) is 26.7. The molecule has 206 valence electrons. The van der Waals surface area contributed by atoms with Crippen molar-refractivity contribution in [2.45, 2.75) is 103 Å². The Labute approximate surface area is 214 Å². The van der Waals surface area contributed by atoms with Gasteiger partial charge < -0.3 is 9.84 Å². The average Bonchev–Trinajstić information content (AvgIpc) is 2.83. The molecule has 36 heavy (non-hydrogen) atoms. The minimum atomic E-state index is -4.78. The molecule has 0 atom stereocenters. The summed E-state index contributed by atoms with van der Waals surface area (Å²) in [6.45, 7) is 4.97. The van der Waals surface area contributed by atoms with Crippen LogP contribution >= 0.6 is 0 Å². The van der Waals surface area contributed by atoms with Crippen molar-refractivity contribution < 1.29 is 32.6 Å². The molecule has 0 spiro atoms. The van der Waals surface area contributed by atoms with Crippen LogP contribution in [0.5, 0.6) is 5.75 Å². The molecule has 0 saturated carbocycles. The summed E-state index contributed by atoms with van der Waals surface area (Å²) in [4.78, 5) is 24.1. The van der Waals surface area contributed by atoms with Gasteiger partial charge in [-0.2, -0.15) is 13.2 Å². The molecule has 0 fully saturated rings. The summed E-state index contributed by atoms with van der Waals surface area (Å²) in [5.74, 6) is -1.89. The van der Waals surface area contributed by atoms with Crippen LogP contribution < -0.4 is 4.74 Å². The molecule has 0 unspecified atom stereocenters. The van der Waals surface area contributed by atoms with Crippen molar-refractivity contribution in [2.75, 3.05) is 26.2 Å². The number of aryl methyl sites for hydroxylation is 1. The number of carboxylic acid groups (broad SMARTS) is 1. The summed E-state index contributed by atoms with van der Waals surface area (Å²) in [5.41, 5.74) is 0.649. The molecule has 0 aliphatic rings. The van der Waals surface area contributed by atoms with Gasteiger partial charge >= 0.3 is 12.1 Å². The van der Waals surface area contributed by atoms with Crippen LogP contribution in [0.3, 0.4) is 0 Å². The third-order valence-electron chi connectivity index (χ3n) is 6.25. The molecular formula is C28H44F3NO4. The second-order valence-corrected chi connectivity index (χ2v) is 9.43. The van der Waals surface area contributed by atoms with Crippen molar-refractivity contribution in [1.82, 2.24) is 4.90 Å². The Morgan fingerprint density at radius 3 is 1.92 bits per heavy atom. The van der Waals surface area contributed by atoms with Crippen LogP contribution in [0.1, 0.15) is 96.0 Å². The molecule has 1 aromatic carbocycles. The van der Waals surface area contributed by atoms with E-state index in [1.54, 1.807) is 24.3 Å². The molecule has 0 bridgehead atoms. The fourth-order valence-corrected chi connectivity index (χ4v) is 4.06. The van der Waals surface area contributed by atoms with E-state index in [4.69, 9.17) is 9.84 Å². The van der Waals surface area contributed by atoms with Gasteiger partial charge in [-0.05, 0) is 50.0 Å². The number of halogens is 3. The highest BCUT2D eigenvalue weighted by molar-refractivity contribution is 5.84. The number of alkyl halides is 3. The molecule has 0 aliphatic carbocycles. The Hall–Kier alpha value is -2.09. The Bertz CT molecular complexity index is 723. The Morgan fingerprint density at radius 2 is 1.36 bits per heavy atom. The molecule has 0 amide bonds. The minimum Gasteiger partial charge on any atom is -0.492 e. The predicted octanol–water partition coefficient (Wildman–Crippen LogP) is 7.22. The highest BCUT2D eigenvalue weighted by Crippen LogP contribution is 2.20. The first-order valence-electron chi connectivity index (χ1n) is 13.5. The highest BCUT2D eigenvalue weighted by atomic mass is 19.4. The fraction of sp³-hybridized carbons (Fsp3) is 0.714. The molecule has 1 aromatic rings. The quantitative estimate of drug-likeness (QED) is 0.165. The van der Waals surface area contributed by atoms with Crippen molar-refractivity contribution in [2.24, 2.45) is 0 Å². The van der Waals surface area contributed by atoms with E-state index in [9.17, 15) is 22.8 Å². The fourth-order valence-electron chi connectivity index (χ4n) is 4.06. The summed E-state index contributed by atoms with van der Waals surface area (Å²) >= 11 is 0. The number of hydrogen-bond donors (Lipinski definition) is 1. The number of ketones is 1. The smallest absolute Gasteiger partial charge is 0.449 e. The van der Waals surface area contributed by atoms with E-state index >= 15 is 0 Å². The van der Waals surface area contributed by atoms with Gasteiger partial charge in [0.15, 0.2) is 0 Å². The SMILES string of the molecule is CCCCCCCCCCCCN(CCCC(=O)O)CCOc1ccc(CCC(=O)C(F)(F)F)cc1. The van der Waals surface area contributed by atoms with Crippen molar-refractivity contribution in [1.29, 1.82) is 0 Å². The van der Waals surface area contributed by atoms with Crippen LogP contribution in [0.2, 0.25) is 0 Å². The molecule has 8 heteroatoms. The second kappa shape index (κ2) is 19.1. The van der Waals surface area contributed by atoms with Crippen LogP contribution in [0, 0.1) is 0 Å². The number of benzene rings is 1. The third-order valence-corrected chi connectivity index (χ3v) is 6.25. The monoisotopic (exact) mass is 515 g/mol. The standard InChI is InChI=1S/C28H44F3NO4/c1-2-3-4-5-6-7-8-9-10-11-20-32(21-12-13-27(34)35)22-23-36-25-17-14-24(15-18-25)16-19-26(33)28(29,30)31/h14-15,17-18H,2-13,16,19-23H2,1H3,(H,34,35). The summed E-state index contributed by atoms with van der Waals surface area (Å²) < 4.78 is 42.8. The van der Waals surface area contributed by atoms with Gasteiger partial charge in [-0.3, -0.25) is 14.5 Å². The van der Waals surface area contributed by atoms with Crippen molar-refractivity contribution in [3.63, 3.8) is 0 Å². The second-order valence-electron chi connectivity index (χ2n) is 9.43. The van der Waals surface area contributed by atoms with Crippen LogP contribution in [0.4, 0.5) is 13.2 Å². The van der Waals surface area contributed by atoms with Gasteiger partial charge in [-0.25, -0.2) is 0 Å². The normalized spacial score (nSPS) is 11.7. The first kappa shape index (κ1) is 31.9. The van der Waals surface area contributed by atoms with E-state index in [-0.39, 0.29) is 12.8 Å². The van der Waals surface area contributed by atoms with Crippen LogP contribution in [0.15, 0.2) is 24.3 Å². The van der Waals surface area contributed by atoms with E-state index in [1.165, 1.54) is 57.8 Å². The Kier molecular flexibility index (Phi) is 16.9. The average molecular weight is 516 g/mol. The molecule has 1 N–H and O–H groups in total. The topological polar surface area (TPSA) is 66.8 Å². The number of unbranched alkanes of at least 4 members (excludes halogenated alkanes) is 9. The van der Waals surface area contributed by atoms with Crippen molar-refractivity contribution in [3.05, 3.63) is 29.8 Å². The van der Waals surface area contributed by atoms with E-state index in [2.05, 4.69) is 11.8 Å². The summed E-state index contributed by atoms with van der Waals surface area (Å²) in [7, 11) is 0. The number of rotatable bonds is 22. The number of carbonyl (C=O) groups excluding carboxylic acids is 1. The van der Waals surface area contributed by atoms with Gasteiger partial charge in [-0.15, -0.1) is 0 Å². The maximum atomic E-state index is 12.3. The van der Waals surface area contributed by atoms with Crippen molar-refractivity contribution in [3.8, 4) is 5.75 Å². The van der Waals surface area contributed by atoms with Crippen LogP contribution in [-0.4, -0.2) is 54.2 Å². The highest BCUT2D eigenvalue weighted by Gasteiger charge is 2.37. The van der Waals surface area contributed by atoms with E-state index in [0.717, 1.165) is 13.0 Å². The number of hydrogen-bond acceptors (Lipinski definition) is 4. The molecule has 5 nitrogen and oxygen atoms in total. The molecule has 0 saturated heterocycles. The third kappa shape index (κ3) is 16.6. The summed E-state index contributed by atoms with van der Waals surface area (Å²) in [5, 5.41) is 8.93. The van der Waals surface area contributed by atoms with Crippen LogP contribution in [-0.2, 0) is 16.0 Å². The molecule has 1 rings (SSSR count). The summed E-state index contributed by atoms with van der Waals surface area (Å²) in [6, 6.07) is 6.75. The Balaban J connectivity index is 2.31. The number of carboxylic acids is 1. The van der Waals surface area contributed by atoms with Gasteiger partial charge in [0.1, 0.15) is 12.4 Å². The number of nitrogens with zero attached hydrogens (tertiary/aromatic N) is 1. The summed E-state index contributed by atoms with van der Waals surface area (Å²) in [6.07, 6.45) is 8.10. The van der Waals surface area contributed by atoms with Crippen molar-refractivity contribution >= 4 is 11.8 Å². The van der Waals surface area contributed by atoms with Gasteiger partial charge in [0.25, 0.3) is 0 Å². The van der Waals surface area contributed by atoms with Gasteiger partial charge in [0, 0.05) is 19.4 Å². The number of aliphatic carboxylic acids is 1. The number of Topliss-reactive ketones (excluding diaryl/α,β-unsaturated/α-hetero) is 1. The lowest BCUT2D eigenvalue weighted by Gasteiger charge is -2.22. The minimum absolute atomic E-state index is 0.0365. The van der Waals surface area contributed by atoms with Gasteiger partial charge in [-0.1, -0.05) is 76.8 Å². The van der Waals surface area contributed by atoms with Gasteiger partial charge in [0.2, 0.25) is 5.78 Å². The molecular weight excluding hydrogens is 471 g/mol. The lowest BCUT2D eigenvalue weighted by Crippen LogP contribution is -2.31. The number of carbonyl (C=O) groups is 2. The maximum Gasteiger partial charge on any atom is 0.449 e. The maximum absolute atomic E-state index is 12.3. The zero-order valence-corrected chi connectivity index (χ0v) is 21.8. The largest absolute Gasteiger partial charge is 0.492 e. The predicted molar refractivity (Wildman–Crippen MR) is 136 cm³/mol. The van der Waals surface area contributed by atoms with E-state index in [1.807, 2.05) is 0 Å². The first-order valence-corrected chi connectivity index (χ1v) is 13.5. The number of ether oxygens (including phenoxy) is 1. The lowest BCUT2D eigenvalue weighted by atomic mass is 10.1. The molecule has 0 aliphatic heterocycles. The van der Waals surface area contributed by atoms with E-state index < -0.39 is 24.3 Å². The van der Waals surface area contributed by atoms with Crippen LogP contribution in [0.25, 0.3) is 0 Å². The Morgan fingerprint density at radius 1 is 0.806 bits per heavy atom.